The van der Waals surface area contributed by atoms with Gasteiger partial charge < -0.3 is 9.84 Å². The van der Waals surface area contributed by atoms with E-state index < -0.39 is 19.5 Å². The van der Waals surface area contributed by atoms with Gasteiger partial charge in [-0.3, -0.25) is 4.79 Å². The SMILES string of the molecule is O=C(O)C(c1cc(-c2nc(C(Cl)(Cl)Cl)nc(C(Cl)(Cl)Cl)n2)cs1)C1CO1. The molecular weight excluding hydrogens is 491 g/mol. The Bertz CT molecular complexity index is 814. The molecular formula is C13H7Cl6N3O3S. The van der Waals surface area contributed by atoms with Crippen molar-refractivity contribution in [2.45, 2.75) is 19.6 Å². The van der Waals surface area contributed by atoms with Crippen molar-refractivity contribution in [1.29, 1.82) is 0 Å². The van der Waals surface area contributed by atoms with Crippen molar-refractivity contribution < 1.29 is 14.6 Å². The van der Waals surface area contributed by atoms with Crippen LogP contribution >= 0.6 is 80.9 Å². The zero-order valence-electron chi connectivity index (χ0n) is 12.3. The van der Waals surface area contributed by atoms with Gasteiger partial charge in [-0.05, 0) is 6.07 Å². The Hall–Kier alpha value is -0.120. The van der Waals surface area contributed by atoms with Crippen molar-refractivity contribution in [2.75, 3.05) is 6.61 Å². The van der Waals surface area contributed by atoms with Gasteiger partial charge in [-0.1, -0.05) is 69.6 Å². The lowest BCUT2D eigenvalue weighted by molar-refractivity contribution is -0.139. The summed E-state index contributed by atoms with van der Waals surface area (Å²) in [4.78, 5) is 24.1. The first kappa shape index (κ1) is 20.6. The molecule has 6 nitrogen and oxygen atoms in total. The number of ether oxygens (including phenoxy) is 1. The number of carbonyl (C=O) groups is 1. The van der Waals surface area contributed by atoms with Gasteiger partial charge in [0.15, 0.2) is 17.5 Å². The van der Waals surface area contributed by atoms with Crippen LogP contribution in [-0.4, -0.2) is 38.7 Å². The van der Waals surface area contributed by atoms with Crippen LogP contribution in [0.5, 0.6) is 0 Å². The summed E-state index contributed by atoms with van der Waals surface area (Å²) in [6.07, 6.45) is -0.356. The molecule has 0 radical (unpaired) electrons. The number of nitrogens with zero attached hydrogens (tertiary/aromatic N) is 3. The van der Waals surface area contributed by atoms with Gasteiger partial charge in [-0.2, -0.15) is 0 Å². The Morgan fingerprint density at radius 1 is 1.15 bits per heavy atom. The van der Waals surface area contributed by atoms with E-state index in [1.54, 1.807) is 11.4 Å². The number of alkyl halides is 6. The van der Waals surface area contributed by atoms with E-state index in [1.807, 2.05) is 0 Å². The summed E-state index contributed by atoms with van der Waals surface area (Å²) in [5, 5.41) is 11.1. The fourth-order valence-corrected chi connectivity index (χ4v) is 3.64. The van der Waals surface area contributed by atoms with E-state index in [0.29, 0.717) is 17.0 Å². The molecule has 2 unspecified atom stereocenters. The average Bonchev–Trinajstić information content (AvgIpc) is 3.21. The summed E-state index contributed by atoms with van der Waals surface area (Å²) in [6.45, 7) is 0.394. The molecule has 3 rings (SSSR count). The highest BCUT2D eigenvalue weighted by molar-refractivity contribution is 7.10. The van der Waals surface area contributed by atoms with E-state index in [0.717, 1.165) is 0 Å². The summed E-state index contributed by atoms with van der Waals surface area (Å²) in [7, 11) is 0. The first-order chi connectivity index (χ1) is 12.0. The lowest BCUT2D eigenvalue weighted by atomic mass is 10.0. The number of carboxylic acids is 1. The molecule has 2 atom stereocenters. The Morgan fingerprint density at radius 3 is 2.12 bits per heavy atom. The standard InChI is InChI=1S/C13H7Cl6N3O3S/c14-12(15,16)10-20-8(21-11(22-10)13(17,18)19)4-1-6(26-3-4)7(9(23)24)5-2-25-5/h1,3,5,7H,2H2,(H,23,24). The number of halogens is 6. The minimum atomic E-state index is -1.97. The number of rotatable bonds is 4. The van der Waals surface area contributed by atoms with Crippen molar-refractivity contribution in [3.63, 3.8) is 0 Å². The van der Waals surface area contributed by atoms with Crippen molar-refractivity contribution in [1.82, 2.24) is 15.0 Å². The highest BCUT2D eigenvalue weighted by atomic mass is 35.6. The fraction of sp³-hybridized carbons (Fsp3) is 0.385. The van der Waals surface area contributed by atoms with Gasteiger partial charge in [-0.15, -0.1) is 11.3 Å². The molecule has 0 saturated carbocycles. The monoisotopic (exact) mass is 495 g/mol. The highest BCUT2D eigenvalue weighted by Gasteiger charge is 2.40. The zero-order chi connectivity index (χ0) is 19.3. The normalized spacial score (nSPS) is 18.6. The predicted molar refractivity (Wildman–Crippen MR) is 102 cm³/mol. The number of thiophene rings is 1. The molecule has 2 aromatic heterocycles. The molecule has 0 aliphatic carbocycles. The van der Waals surface area contributed by atoms with Gasteiger partial charge >= 0.3 is 5.97 Å². The molecule has 1 aliphatic rings. The van der Waals surface area contributed by atoms with E-state index in [9.17, 15) is 9.90 Å². The molecule has 1 fully saturated rings. The maximum Gasteiger partial charge on any atom is 0.314 e. The first-order valence-corrected chi connectivity index (χ1v) is 9.95. The van der Waals surface area contributed by atoms with Crippen LogP contribution in [0.3, 0.4) is 0 Å². The second kappa shape index (κ2) is 7.37. The Balaban J connectivity index is 2.05. The number of carboxylic acid groups (broad SMARTS) is 1. The van der Waals surface area contributed by atoms with Gasteiger partial charge in [0.1, 0.15) is 5.92 Å². The molecule has 0 spiro atoms. The van der Waals surface area contributed by atoms with Crippen LogP contribution in [-0.2, 0) is 17.1 Å². The van der Waals surface area contributed by atoms with Crippen LogP contribution in [0.25, 0.3) is 11.4 Å². The third kappa shape index (κ3) is 4.64. The lowest BCUT2D eigenvalue weighted by Crippen LogP contribution is -2.17. The van der Waals surface area contributed by atoms with Crippen LogP contribution < -0.4 is 0 Å². The lowest BCUT2D eigenvalue weighted by Gasteiger charge is -2.15. The van der Waals surface area contributed by atoms with Crippen LogP contribution in [0.15, 0.2) is 11.4 Å². The molecule has 140 valence electrons. The van der Waals surface area contributed by atoms with Crippen LogP contribution in [0.4, 0.5) is 0 Å². The van der Waals surface area contributed by atoms with E-state index in [2.05, 4.69) is 15.0 Å². The Labute approximate surface area is 181 Å². The maximum absolute atomic E-state index is 11.5. The highest BCUT2D eigenvalue weighted by Crippen LogP contribution is 2.42. The number of epoxide rings is 1. The molecule has 1 aliphatic heterocycles. The second-order valence-corrected chi connectivity index (χ2v) is 10.7. The van der Waals surface area contributed by atoms with Crippen molar-refractivity contribution in [3.8, 4) is 11.4 Å². The second-order valence-electron chi connectivity index (χ2n) is 5.23. The summed E-state index contributed by atoms with van der Waals surface area (Å²) in [5.74, 6) is -2.12. The van der Waals surface area contributed by atoms with E-state index in [-0.39, 0.29) is 23.6 Å². The minimum absolute atomic E-state index is 0.0889. The number of hydrogen-bond donors (Lipinski definition) is 1. The van der Waals surface area contributed by atoms with Gasteiger partial charge in [0, 0.05) is 15.8 Å². The summed E-state index contributed by atoms with van der Waals surface area (Å²) in [6, 6.07) is 1.62. The van der Waals surface area contributed by atoms with Crippen molar-refractivity contribution >= 4 is 86.9 Å². The topological polar surface area (TPSA) is 88.5 Å². The zero-order valence-corrected chi connectivity index (χ0v) is 17.6. The van der Waals surface area contributed by atoms with E-state index in [4.69, 9.17) is 74.3 Å². The maximum atomic E-state index is 11.5. The molecule has 1 N–H and O–H groups in total. The largest absolute Gasteiger partial charge is 0.481 e. The summed E-state index contributed by atoms with van der Waals surface area (Å²) < 4.78 is 1.18. The minimum Gasteiger partial charge on any atom is -0.481 e. The number of aliphatic carboxylic acids is 1. The van der Waals surface area contributed by atoms with Gasteiger partial charge in [0.2, 0.25) is 7.59 Å². The van der Waals surface area contributed by atoms with Crippen LogP contribution in [0, 0.1) is 0 Å². The smallest absolute Gasteiger partial charge is 0.314 e. The molecule has 0 amide bonds. The van der Waals surface area contributed by atoms with E-state index >= 15 is 0 Å². The van der Waals surface area contributed by atoms with E-state index in [1.165, 1.54) is 11.3 Å². The molecule has 2 aromatic rings. The average molecular weight is 498 g/mol. The Kier molecular flexibility index (Phi) is 5.84. The molecule has 0 aromatic carbocycles. The van der Waals surface area contributed by atoms with Gasteiger partial charge in [0.05, 0.1) is 12.7 Å². The first-order valence-electron chi connectivity index (χ1n) is 6.80. The number of aromatic nitrogens is 3. The third-order valence-electron chi connectivity index (χ3n) is 3.32. The van der Waals surface area contributed by atoms with Crippen LogP contribution in [0.1, 0.15) is 22.4 Å². The molecule has 0 bridgehead atoms. The fourth-order valence-electron chi connectivity index (χ4n) is 2.10. The summed E-state index contributed by atoms with van der Waals surface area (Å²) in [5.41, 5.74) is 0.477. The van der Waals surface area contributed by atoms with Crippen molar-refractivity contribution in [3.05, 3.63) is 28.0 Å². The summed E-state index contributed by atoms with van der Waals surface area (Å²) >= 11 is 36.3. The Morgan fingerprint density at radius 2 is 1.69 bits per heavy atom. The molecule has 26 heavy (non-hydrogen) atoms. The quantitative estimate of drug-likeness (QED) is 0.481. The van der Waals surface area contributed by atoms with Crippen LogP contribution in [0.2, 0.25) is 0 Å². The number of hydrogen-bond acceptors (Lipinski definition) is 6. The predicted octanol–water partition coefficient (Wildman–Crippen LogP) is 4.82. The van der Waals surface area contributed by atoms with Crippen molar-refractivity contribution in [2.24, 2.45) is 0 Å². The van der Waals surface area contributed by atoms with Gasteiger partial charge in [0.25, 0.3) is 0 Å². The molecule has 1 saturated heterocycles. The van der Waals surface area contributed by atoms with Gasteiger partial charge in [-0.25, -0.2) is 15.0 Å². The molecule has 13 heteroatoms. The molecule has 3 heterocycles. The third-order valence-corrected chi connectivity index (χ3v) is 5.35.